The average molecular weight is 685 g/mol. The first-order valence-electron chi connectivity index (χ1n) is 16.4. The number of benzene rings is 1. The normalized spacial score (nSPS) is 24.8. The number of thioether (sulfide) groups is 1. The van der Waals surface area contributed by atoms with Crippen molar-refractivity contribution in [1.82, 2.24) is 31.2 Å². The Hall–Kier alpha value is -4.07. The highest BCUT2D eigenvalue weighted by Gasteiger charge is 2.42. The molecule has 3 heterocycles. The summed E-state index contributed by atoms with van der Waals surface area (Å²) in [6.45, 7) is 12.5. The number of amides is 5. The Bertz CT molecular complexity index is 1530. The van der Waals surface area contributed by atoms with Gasteiger partial charge in [0.15, 0.2) is 0 Å². The summed E-state index contributed by atoms with van der Waals surface area (Å²) in [5, 5.41) is 12.0. The maximum atomic E-state index is 14.1. The smallest absolute Gasteiger partial charge is 0.308 e. The molecule has 5 N–H and O–H groups in total. The zero-order valence-corrected chi connectivity index (χ0v) is 29.5. The van der Waals surface area contributed by atoms with E-state index >= 15 is 0 Å². The highest BCUT2D eigenvalue weighted by atomic mass is 32.2. The van der Waals surface area contributed by atoms with E-state index in [4.69, 9.17) is 4.74 Å². The number of H-pyrrole nitrogens is 1. The van der Waals surface area contributed by atoms with Crippen molar-refractivity contribution >= 4 is 58.2 Å². The van der Waals surface area contributed by atoms with E-state index in [1.807, 2.05) is 38.1 Å². The number of rotatable bonds is 7. The lowest BCUT2D eigenvalue weighted by Gasteiger charge is -2.30. The Morgan fingerprint density at radius 3 is 2.21 bits per heavy atom. The minimum Gasteiger partial charge on any atom is -0.460 e. The maximum absolute atomic E-state index is 14.1. The third kappa shape index (κ3) is 9.30. The van der Waals surface area contributed by atoms with Crippen LogP contribution in [0.15, 0.2) is 30.5 Å². The van der Waals surface area contributed by atoms with Gasteiger partial charge in [-0.3, -0.25) is 28.8 Å². The van der Waals surface area contributed by atoms with Gasteiger partial charge in [0.05, 0.1) is 12.3 Å². The van der Waals surface area contributed by atoms with E-state index in [1.54, 1.807) is 40.8 Å². The Kier molecular flexibility index (Phi) is 11.8. The Balaban J connectivity index is 1.78. The van der Waals surface area contributed by atoms with Crippen molar-refractivity contribution < 1.29 is 33.5 Å². The van der Waals surface area contributed by atoms with Gasteiger partial charge in [0.2, 0.25) is 29.5 Å². The second kappa shape index (κ2) is 15.4. The molecule has 2 saturated heterocycles. The van der Waals surface area contributed by atoms with Crippen LogP contribution in [0.1, 0.15) is 66.9 Å². The lowest BCUT2D eigenvalue weighted by molar-refractivity contribution is -0.157. The lowest BCUT2D eigenvalue weighted by Crippen LogP contribution is -2.59. The van der Waals surface area contributed by atoms with E-state index in [9.17, 15) is 28.8 Å². The van der Waals surface area contributed by atoms with E-state index in [0.717, 1.165) is 16.5 Å². The van der Waals surface area contributed by atoms with Gasteiger partial charge in [0.25, 0.3) is 0 Å². The highest BCUT2D eigenvalue weighted by Crippen LogP contribution is 2.24. The van der Waals surface area contributed by atoms with Crippen molar-refractivity contribution in [3.05, 3.63) is 36.0 Å². The van der Waals surface area contributed by atoms with Crippen LogP contribution in [0.2, 0.25) is 0 Å². The molecule has 14 heteroatoms. The molecule has 5 amide bonds. The molecular weight excluding hydrogens is 636 g/mol. The van der Waals surface area contributed by atoms with Gasteiger partial charge in [-0.25, -0.2) is 0 Å². The molecule has 4 rings (SSSR count). The van der Waals surface area contributed by atoms with Gasteiger partial charge in [0.1, 0.15) is 35.8 Å². The van der Waals surface area contributed by atoms with Crippen molar-refractivity contribution in [3.63, 3.8) is 0 Å². The number of hydrogen-bond acceptors (Lipinski definition) is 8. The first-order valence-corrected chi connectivity index (χ1v) is 17.6. The van der Waals surface area contributed by atoms with E-state index in [2.05, 4.69) is 26.3 Å². The number of esters is 1. The third-order valence-corrected chi connectivity index (χ3v) is 9.20. The molecule has 2 fully saturated rings. The number of fused-ring (bicyclic) bond motifs is 2. The van der Waals surface area contributed by atoms with Gasteiger partial charge in [-0.15, -0.1) is 11.8 Å². The molecule has 0 bridgehead atoms. The molecular formula is C34H48N6O7S. The molecule has 2 aliphatic rings. The number of hydrogen-bond donors (Lipinski definition) is 5. The van der Waals surface area contributed by atoms with Crippen LogP contribution in [0.5, 0.6) is 0 Å². The first-order chi connectivity index (χ1) is 22.5. The summed E-state index contributed by atoms with van der Waals surface area (Å²) in [5.74, 6) is -3.68. The number of aromatic nitrogens is 1. The largest absolute Gasteiger partial charge is 0.460 e. The van der Waals surface area contributed by atoms with Gasteiger partial charge in [-0.1, -0.05) is 45.9 Å². The summed E-state index contributed by atoms with van der Waals surface area (Å²) in [6.07, 6.45) is 1.58. The van der Waals surface area contributed by atoms with E-state index < -0.39 is 77.7 Å². The maximum Gasteiger partial charge on any atom is 0.308 e. The molecule has 262 valence electrons. The topological polar surface area (TPSA) is 179 Å². The molecule has 1 aromatic carbocycles. The first kappa shape index (κ1) is 36.8. The summed E-state index contributed by atoms with van der Waals surface area (Å²) in [4.78, 5) is 87.0. The highest BCUT2D eigenvalue weighted by molar-refractivity contribution is 7.99. The Labute approximate surface area is 285 Å². The van der Waals surface area contributed by atoms with Crippen LogP contribution in [0.4, 0.5) is 0 Å². The zero-order valence-electron chi connectivity index (χ0n) is 28.7. The van der Waals surface area contributed by atoms with Gasteiger partial charge in [-0.05, 0) is 50.7 Å². The van der Waals surface area contributed by atoms with Crippen LogP contribution < -0.4 is 21.3 Å². The van der Waals surface area contributed by atoms with E-state index in [0.29, 0.717) is 0 Å². The molecule has 0 unspecified atom stereocenters. The van der Waals surface area contributed by atoms with Crippen LogP contribution in [-0.2, 0) is 39.9 Å². The molecule has 0 saturated carbocycles. The molecule has 0 spiro atoms. The van der Waals surface area contributed by atoms with Gasteiger partial charge in [0, 0.05) is 29.3 Å². The number of para-hydroxylation sites is 1. The number of nitrogens with one attached hydrogen (secondary N) is 5. The van der Waals surface area contributed by atoms with Crippen molar-refractivity contribution in [2.24, 2.45) is 11.8 Å². The summed E-state index contributed by atoms with van der Waals surface area (Å²) in [6, 6.07) is 1.99. The number of ether oxygens (including phenoxy) is 1. The number of aromatic amines is 1. The average Bonchev–Trinajstić information content (AvgIpc) is 3.64. The minimum atomic E-state index is -1.39. The SMILES string of the molecule is CC(C)C[C@@H]1NC(=O)[C@@H](C(C)C)NC(=O)[C@@H]2CSCN2C(=O)[C@@H](CC(=O)OC(C)(C)C)NC(=O)[C@@H](Cc2c[nH]c3ccccc23)NC1=O. The summed E-state index contributed by atoms with van der Waals surface area (Å²) in [7, 11) is 0. The predicted octanol–water partition coefficient (Wildman–Crippen LogP) is 2.00. The fraction of sp³-hybridized carbons (Fsp3) is 0.588. The molecule has 13 nitrogen and oxygen atoms in total. The standard InChI is InChI=1S/C34H48N6O7S/c1-18(2)12-23-29(42)36-24(13-20-15-35-22-11-9-8-10-21(20)22)30(43)38-25(14-27(41)47-34(5,6)7)33(46)40-17-48-16-26(40)31(44)39-28(19(3)4)32(45)37-23/h8-11,15,18-19,23-26,28,35H,12-14,16-17H2,1-7H3,(H,36,42)(H,37,45)(H,38,43)(H,39,44)/t23-,24+,25+,26-,28+/m0/s1. The molecule has 5 atom stereocenters. The Morgan fingerprint density at radius 2 is 1.54 bits per heavy atom. The zero-order chi connectivity index (χ0) is 35.3. The van der Waals surface area contributed by atoms with Crippen molar-refractivity contribution in [2.75, 3.05) is 11.6 Å². The van der Waals surface area contributed by atoms with Crippen LogP contribution >= 0.6 is 11.8 Å². The third-order valence-electron chi connectivity index (χ3n) is 8.19. The molecule has 2 aliphatic heterocycles. The number of carbonyl (C=O) groups is 6. The van der Waals surface area contributed by atoms with Crippen molar-refractivity contribution in [3.8, 4) is 0 Å². The van der Waals surface area contributed by atoms with E-state index in [-0.39, 0.29) is 36.3 Å². The van der Waals surface area contributed by atoms with Crippen LogP contribution in [0.3, 0.4) is 0 Å². The number of nitrogens with zero attached hydrogens (tertiary/aromatic N) is 1. The van der Waals surface area contributed by atoms with Crippen LogP contribution in [-0.4, -0.2) is 92.8 Å². The second-order valence-electron chi connectivity index (χ2n) is 14.2. The fourth-order valence-corrected chi connectivity index (χ4v) is 7.01. The summed E-state index contributed by atoms with van der Waals surface area (Å²) < 4.78 is 5.50. The van der Waals surface area contributed by atoms with Gasteiger partial charge < -0.3 is 35.9 Å². The lowest BCUT2D eigenvalue weighted by atomic mass is 9.98. The number of carbonyl (C=O) groups excluding carboxylic acids is 6. The van der Waals surface area contributed by atoms with Crippen molar-refractivity contribution in [2.45, 2.75) is 104 Å². The van der Waals surface area contributed by atoms with Gasteiger partial charge in [-0.2, -0.15) is 0 Å². The molecule has 0 aliphatic carbocycles. The second-order valence-corrected chi connectivity index (χ2v) is 15.2. The van der Waals surface area contributed by atoms with Gasteiger partial charge >= 0.3 is 5.97 Å². The summed E-state index contributed by atoms with van der Waals surface area (Å²) >= 11 is 1.35. The predicted molar refractivity (Wildman–Crippen MR) is 182 cm³/mol. The molecule has 0 radical (unpaired) electrons. The molecule has 2 aromatic rings. The van der Waals surface area contributed by atoms with Crippen LogP contribution in [0.25, 0.3) is 10.9 Å². The van der Waals surface area contributed by atoms with E-state index in [1.165, 1.54) is 16.7 Å². The quantitative estimate of drug-likeness (QED) is 0.275. The fourth-order valence-electron chi connectivity index (χ4n) is 5.85. The monoisotopic (exact) mass is 684 g/mol. The van der Waals surface area contributed by atoms with Crippen molar-refractivity contribution in [1.29, 1.82) is 0 Å². The van der Waals surface area contributed by atoms with Crippen LogP contribution in [0, 0.1) is 11.8 Å². The molecule has 48 heavy (non-hydrogen) atoms. The Morgan fingerprint density at radius 1 is 0.896 bits per heavy atom. The molecule has 1 aromatic heterocycles. The summed E-state index contributed by atoms with van der Waals surface area (Å²) in [5.41, 5.74) is 0.737. The minimum absolute atomic E-state index is 0.00368.